The largest absolute Gasteiger partial charge is 0.465 e. The van der Waals surface area contributed by atoms with Crippen LogP contribution in [0.3, 0.4) is 0 Å². The van der Waals surface area contributed by atoms with E-state index in [1.807, 2.05) is 13.8 Å². The third-order valence-electron chi connectivity index (χ3n) is 5.11. The van der Waals surface area contributed by atoms with E-state index in [1.165, 1.54) is 33.5 Å². The van der Waals surface area contributed by atoms with Gasteiger partial charge in [-0.05, 0) is 55.4 Å². The van der Waals surface area contributed by atoms with Crippen molar-refractivity contribution in [1.82, 2.24) is 9.21 Å². The van der Waals surface area contributed by atoms with Crippen LogP contribution in [0.25, 0.3) is 0 Å². The molecule has 2 rings (SSSR count). The van der Waals surface area contributed by atoms with Crippen molar-refractivity contribution in [2.45, 2.75) is 44.0 Å². The van der Waals surface area contributed by atoms with Crippen molar-refractivity contribution < 1.29 is 23.1 Å². The van der Waals surface area contributed by atoms with E-state index in [9.17, 15) is 18.0 Å². The molecule has 162 valence electrons. The van der Waals surface area contributed by atoms with Crippen LogP contribution in [-0.2, 0) is 14.8 Å². The number of primary amides is 1. The van der Waals surface area contributed by atoms with Crippen molar-refractivity contribution in [1.29, 1.82) is 0 Å². The van der Waals surface area contributed by atoms with Crippen molar-refractivity contribution in [3.05, 3.63) is 29.3 Å². The summed E-state index contributed by atoms with van der Waals surface area (Å²) in [5, 5.41) is 9.52. The van der Waals surface area contributed by atoms with E-state index in [0.29, 0.717) is 37.4 Å². The smallest absolute Gasteiger partial charge is 0.407 e. The lowest BCUT2D eigenvalue weighted by molar-refractivity contribution is -0.122. The Kier molecular flexibility index (Phi) is 7.90. The van der Waals surface area contributed by atoms with E-state index < -0.39 is 28.1 Å². The van der Waals surface area contributed by atoms with Gasteiger partial charge in [0.25, 0.3) is 0 Å². The second kappa shape index (κ2) is 9.77. The predicted molar refractivity (Wildman–Crippen MR) is 110 cm³/mol. The van der Waals surface area contributed by atoms with Crippen LogP contribution in [0.15, 0.2) is 29.2 Å². The van der Waals surface area contributed by atoms with Crippen molar-refractivity contribution in [2.24, 2.45) is 17.6 Å². The summed E-state index contributed by atoms with van der Waals surface area (Å²) < 4.78 is 28.0. The van der Waals surface area contributed by atoms with Gasteiger partial charge < -0.3 is 15.7 Å². The Bertz CT molecular complexity index is 821. The molecule has 1 atom stereocenters. The lowest BCUT2D eigenvalue weighted by Gasteiger charge is -2.36. The molecule has 0 unspecified atom stereocenters. The first-order chi connectivity index (χ1) is 13.5. The van der Waals surface area contributed by atoms with Crippen LogP contribution in [0.2, 0.25) is 5.02 Å². The molecule has 0 spiro atoms. The molecule has 3 N–H and O–H groups in total. The number of carbonyl (C=O) groups excluding carboxylic acids is 1. The van der Waals surface area contributed by atoms with E-state index in [1.54, 1.807) is 0 Å². The minimum Gasteiger partial charge on any atom is -0.465 e. The number of rotatable bonds is 8. The zero-order valence-corrected chi connectivity index (χ0v) is 18.2. The van der Waals surface area contributed by atoms with Crippen LogP contribution in [0.5, 0.6) is 0 Å². The molecule has 0 saturated carbocycles. The van der Waals surface area contributed by atoms with Crippen LogP contribution in [0, 0.1) is 11.8 Å². The molecule has 0 aromatic heterocycles. The number of halogens is 1. The van der Waals surface area contributed by atoms with Gasteiger partial charge in [0.2, 0.25) is 15.9 Å². The number of likely N-dealkylation sites (tertiary alicyclic amines) is 1. The predicted octanol–water partition coefficient (Wildman–Crippen LogP) is 2.62. The van der Waals surface area contributed by atoms with Gasteiger partial charge in [-0.2, -0.15) is 4.31 Å². The summed E-state index contributed by atoms with van der Waals surface area (Å²) in [5.41, 5.74) is 5.60. The summed E-state index contributed by atoms with van der Waals surface area (Å²) in [6.45, 7) is 4.57. The van der Waals surface area contributed by atoms with Crippen LogP contribution in [0.1, 0.15) is 33.1 Å². The number of nitrogens with two attached hydrogens (primary N) is 1. The first-order valence-corrected chi connectivity index (χ1v) is 11.4. The summed E-state index contributed by atoms with van der Waals surface area (Å²) in [4.78, 5) is 24.7. The zero-order valence-electron chi connectivity index (χ0n) is 16.6. The first kappa shape index (κ1) is 23.4. The van der Waals surface area contributed by atoms with Crippen LogP contribution < -0.4 is 5.73 Å². The van der Waals surface area contributed by atoms with Gasteiger partial charge in [0.05, 0.1) is 4.90 Å². The third kappa shape index (κ3) is 6.07. The molecular formula is C19H28ClN3O5S. The Labute approximate surface area is 176 Å². The lowest BCUT2D eigenvalue weighted by Crippen LogP contribution is -2.51. The molecule has 1 fully saturated rings. The highest BCUT2D eigenvalue weighted by atomic mass is 35.5. The van der Waals surface area contributed by atoms with Gasteiger partial charge >= 0.3 is 6.09 Å². The van der Waals surface area contributed by atoms with Gasteiger partial charge in [0, 0.05) is 24.7 Å². The zero-order chi connectivity index (χ0) is 21.8. The number of benzene rings is 1. The van der Waals surface area contributed by atoms with Crippen molar-refractivity contribution in [3.63, 3.8) is 0 Å². The molecule has 1 aromatic carbocycles. The van der Waals surface area contributed by atoms with E-state index in [0.717, 1.165) is 0 Å². The van der Waals surface area contributed by atoms with Crippen LogP contribution in [0.4, 0.5) is 4.79 Å². The maximum atomic E-state index is 13.4. The maximum Gasteiger partial charge on any atom is 0.407 e. The standard InChI is InChI=1S/C19H28ClN3O5S/c1-13(2)11-17(18(21)24)23(12-14-7-9-22(10-8-14)19(25)26)29(27,28)16-5-3-15(20)4-6-16/h3-6,13-14,17H,7-12H2,1-2H3,(H2,21,24)(H,25,26)/t17-/m1/s1. The number of hydrogen-bond acceptors (Lipinski definition) is 4. The Balaban J connectivity index is 2.34. The van der Waals surface area contributed by atoms with E-state index >= 15 is 0 Å². The van der Waals surface area contributed by atoms with E-state index in [4.69, 9.17) is 22.4 Å². The monoisotopic (exact) mass is 445 g/mol. The number of amides is 2. The quantitative estimate of drug-likeness (QED) is 0.637. The van der Waals surface area contributed by atoms with Crippen molar-refractivity contribution in [3.8, 4) is 0 Å². The second-order valence-electron chi connectivity index (χ2n) is 7.79. The summed E-state index contributed by atoms with van der Waals surface area (Å²) in [7, 11) is -3.99. The van der Waals surface area contributed by atoms with Gasteiger partial charge in [-0.3, -0.25) is 4.79 Å². The SMILES string of the molecule is CC(C)C[C@H](C(N)=O)N(CC1CCN(C(=O)O)CC1)S(=O)(=O)c1ccc(Cl)cc1. The number of sulfonamides is 1. The van der Waals surface area contributed by atoms with Gasteiger partial charge in [0.15, 0.2) is 0 Å². The van der Waals surface area contributed by atoms with Gasteiger partial charge in [0.1, 0.15) is 6.04 Å². The molecule has 8 nitrogen and oxygen atoms in total. The fourth-order valence-corrected chi connectivity index (χ4v) is 5.33. The number of piperidine rings is 1. The average Bonchev–Trinajstić information content (AvgIpc) is 2.64. The summed E-state index contributed by atoms with van der Waals surface area (Å²) >= 11 is 5.88. The van der Waals surface area contributed by atoms with Gasteiger partial charge in [-0.15, -0.1) is 0 Å². The number of nitrogens with zero attached hydrogens (tertiary/aromatic N) is 2. The molecule has 0 bridgehead atoms. The number of carbonyl (C=O) groups is 2. The van der Waals surface area contributed by atoms with Gasteiger partial charge in [-0.1, -0.05) is 25.4 Å². The van der Waals surface area contributed by atoms with E-state index in [2.05, 4.69) is 0 Å². The summed E-state index contributed by atoms with van der Waals surface area (Å²) in [5.74, 6) is -0.704. The van der Waals surface area contributed by atoms with Crippen molar-refractivity contribution >= 4 is 33.6 Å². The fraction of sp³-hybridized carbons (Fsp3) is 0.579. The Morgan fingerprint density at radius 2 is 1.79 bits per heavy atom. The summed E-state index contributed by atoms with van der Waals surface area (Å²) in [6.07, 6.45) is 0.359. The highest BCUT2D eigenvalue weighted by Gasteiger charge is 2.37. The Morgan fingerprint density at radius 1 is 1.24 bits per heavy atom. The molecule has 1 aliphatic heterocycles. The van der Waals surface area contributed by atoms with Crippen LogP contribution >= 0.6 is 11.6 Å². The lowest BCUT2D eigenvalue weighted by atomic mass is 9.95. The topological polar surface area (TPSA) is 121 Å². The number of hydrogen-bond donors (Lipinski definition) is 2. The second-order valence-corrected chi connectivity index (χ2v) is 10.1. The minimum absolute atomic E-state index is 0.0416. The average molecular weight is 446 g/mol. The molecule has 10 heteroatoms. The molecule has 1 aliphatic rings. The third-order valence-corrected chi connectivity index (χ3v) is 7.26. The highest BCUT2D eigenvalue weighted by molar-refractivity contribution is 7.89. The molecule has 29 heavy (non-hydrogen) atoms. The van der Waals surface area contributed by atoms with Gasteiger partial charge in [-0.25, -0.2) is 13.2 Å². The molecule has 1 heterocycles. The summed E-state index contributed by atoms with van der Waals surface area (Å²) in [6, 6.07) is 4.81. The molecule has 1 saturated heterocycles. The molecule has 1 aromatic rings. The maximum absolute atomic E-state index is 13.4. The van der Waals surface area contributed by atoms with Crippen molar-refractivity contribution in [2.75, 3.05) is 19.6 Å². The number of carboxylic acid groups (broad SMARTS) is 1. The molecular weight excluding hydrogens is 418 g/mol. The Hall–Kier alpha value is -1.84. The minimum atomic E-state index is -3.99. The van der Waals surface area contributed by atoms with Crippen LogP contribution in [-0.4, -0.2) is 60.4 Å². The molecule has 0 radical (unpaired) electrons. The van der Waals surface area contributed by atoms with E-state index in [-0.39, 0.29) is 23.3 Å². The first-order valence-electron chi connectivity index (χ1n) is 9.57. The Morgan fingerprint density at radius 3 is 2.24 bits per heavy atom. The molecule has 2 amide bonds. The highest BCUT2D eigenvalue weighted by Crippen LogP contribution is 2.27. The fourth-order valence-electron chi connectivity index (χ4n) is 3.52. The normalized spacial score (nSPS) is 16.9. The molecule has 0 aliphatic carbocycles.